The number of anilines is 1. The minimum atomic E-state index is -4.01. The molecule has 2 N–H and O–H groups in total. The molecular formula is C19H23N3O6S2. The van der Waals surface area contributed by atoms with Gasteiger partial charge < -0.3 is 10.1 Å². The van der Waals surface area contributed by atoms with Crippen LogP contribution in [0, 0.1) is 0 Å². The summed E-state index contributed by atoms with van der Waals surface area (Å²) in [5.74, 6) is -0.245. The van der Waals surface area contributed by atoms with Crippen LogP contribution in [-0.4, -0.2) is 54.3 Å². The summed E-state index contributed by atoms with van der Waals surface area (Å²) in [7, 11) is -4.78. The highest BCUT2D eigenvalue weighted by atomic mass is 32.2. The lowest BCUT2D eigenvalue weighted by molar-refractivity contribution is 0.0960. The molecule has 0 spiro atoms. The van der Waals surface area contributed by atoms with Gasteiger partial charge in [-0.3, -0.25) is 9.52 Å². The van der Waals surface area contributed by atoms with Gasteiger partial charge in [-0.15, -0.1) is 0 Å². The molecule has 1 saturated heterocycles. The lowest BCUT2D eigenvalue weighted by Crippen LogP contribution is -2.27. The molecular weight excluding hydrogens is 430 g/mol. The molecule has 0 atom stereocenters. The molecule has 0 aliphatic carbocycles. The van der Waals surface area contributed by atoms with E-state index >= 15 is 0 Å². The molecule has 0 saturated carbocycles. The van der Waals surface area contributed by atoms with E-state index in [2.05, 4.69) is 10.0 Å². The van der Waals surface area contributed by atoms with Gasteiger partial charge in [-0.25, -0.2) is 16.8 Å². The van der Waals surface area contributed by atoms with Crippen molar-refractivity contribution in [2.75, 3.05) is 32.0 Å². The number of amides is 1. The summed E-state index contributed by atoms with van der Waals surface area (Å²) < 4.78 is 59.6. The third-order valence-corrected chi connectivity index (χ3v) is 8.05. The molecule has 3 rings (SSSR count). The van der Waals surface area contributed by atoms with Crippen molar-refractivity contribution < 1.29 is 26.4 Å². The molecule has 162 valence electrons. The van der Waals surface area contributed by atoms with Gasteiger partial charge in [0.1, 0.15) is 5.75 Å². The first-order valence-electron chi connectivity index (χ1n) is 9.22. The maximum atomic E-state index is 12.7. The lowest BCUT2D eigenvalue weighted by Gasteiger charge is -2.16. The minimum Gasteiger partial charge on any atom is -0.496 e. The summed E-state index contributed by atoms with van der Waals surface area (Å²) in [5.41, 5.74) is 0.280. The van der Waals surface area contributed by atoms with Gasteiger partial charge in [0.15, 0.2) is 0 Å². The first-order chi connectivity index (χ1) is 14.2. The highest BCUT2D eigenvalue weighted by Gasteiger charge is 2.27. The Balaban J connectivity index is 1.84. The molecule has 11 heteroatoms. The number of nitrogens with one attached hydrogen (secondary N) is 2. The normalized spacial score (nSPS) is 15.0. The summed E-state index contributed by atoms with van der Waals surface area (Å²) in [5, 5.41) is 2.43. The van der Waals surface area contributed by atoms with E-state index in [1.54, 1.807) is 0 Å². The highest BCUT2D eigenvalue weighted by Crippen LogP contribution is 2.26. The van der Waals surface area contributed by atoms with Crippen LogP contribution in [0.2, 0.25) is 0 Å². The number of hydrogen-bond acceptors (Lipinski definition) is 6. The van der Waals surface area contributed by atoms with Crippen molar-refractivity contribution >= 4 is 31.6 Å². The zero-order valence-corrected chi connectivity index (χ0v) is 18.2. The van der Waals surface area contributed by atoms with Crippen LogP contribution in [0.4, 0.5) is 5.69 Å². The van der Waals surface area contributed by atoms with E-state index in [1.165, 1.54) is 60.9 Å². The predicted molar refractivity (Wildman–Crippen MR) is 112 cm³/mol. The Morgan fingerprint density at radius 2 is 1.57 bits per heavy atom. The fourth-order valence-electron chi connectivity index (χ4n) is 3.15. The molecule has 30 heavy (non-hydrogen) atoms. The maximum absolute atomic E-state index is 12.7. The molecule has 0 bridgehead atoms. The standard InChI is InChI=1S/C19H23N3O6S2/c1-20-19(23)17-13-16(9-10-18(17)28-2)29(24,25)21-14-5-7-15(8-6-14)30(26,27)22-11-3-4-12-22/h5-10,13,21H,3-4,11-12H2,1-2H3,(H,20,23). The number of methoxy groups -OCH3 is 1. The van der Waals surface area contributed by atoms with E-state index in [-0.39, 0.29) is 26.8 Å². The fourth-order valence-corrected chi connectivity index (χ4v) is 5.75. The largest absolute Gasteiger partial charge is 0.496 e. The number of carbonyl (C=O) groups is 1. The van der Waals surface area contributed by atoms with Gasteiger partial charge in [-0.2, -0.15) is 4.31 Å². The molecule has 2 aromatic carbocycles. The van der Waals surface area contributed by atoms with Gasteiger partial charge in [-0.1, -0.05) is 0 Å². The zero-order valence-electron chi connectivity index (χ0n) is 16.6. The van der Waals surface area contributed by atoms with Crippen molar-refractivity contribution in [3.05, 3.63) is 48.0 Å². The Kier molecular flexibility index (Phi) is 6.34. The van der Waals surface area contributed by atoms with Crippen LogP contribution < -0.4 is 14.8 Å². The van der Waals surface area contributed by atoms with Crippen LogP contribution in [0.3, 0.4) is 0 Å². The Morgan fingerprint density at radius 3 is 2.13 bits per heavy atom. The number of ether oxygens (including phenoxy) is 1. The van der Waals surface area contributed by atoms with Crippen LogP contribution in [0.1, 0.15) is 23.2 Å². The zero-order chi connectivity index (χ0) is 21.9. The second-order valence-electron chi connectivity index (χ2n) is 6.68. The quantitative estimate of drug-likeness (QED) is 0.657. The van der Waals surface area contributed by atoms with Crippen LogP contribution in [0.5, 0.6) is 5.75 Å². The lowest BCUT2D eigenvalue weighted by atomic mass is 10.2. The second kappa shape index (κ2) is 8.62. The summed E-state index contributed by atoms with van der Waals surface area (Å²) in [6.45, 7) is 0.976. The molecule has 1 heterocycles. The third kappa shape index (κ3) is 4.42. The van der Waals surface area contributed by atoms with Crippen molar-refractivity contribution in [2.45, 2.75) is 22.6 Å². The summed E-state index contributed by atoms with van der Waals surface area (Å²) in [4.78, 5) is 12.0. The van der Waals surface area contributed by atoms with E-state index in [1.807, 2.05) is 0 Å². The minimum absolute atomic E-state index is 0.0786. The Bertz CT molecular complexity index is 1140. The summed E-state index contributed by atoms with van der Waals surface area (Å²) in [6.07, 6.45) is 1.66. The fraction of sp³-hybridized carbons (Fsp3) is 0.316. The first kappa shape index (κ1) is 22.1. The van der Waals surface area contributed by atoms with Crippen LogP contribution >= 0.6 is 0 Å². The number of sulfonamides is 2. The SMILES string of the molecule is CNC(=O)c1cc(S(=O)(=O)Nc2ccc(S(=O)(=O)N3CCCC3)cc2)ccc1OC. The van der Waals surface area contributed by atoms with E-state index in [4.69, 9.17) is 4.74 Å². The summed E-state index contributed by atoms with van der Waals surface area (Å²) >= 11 is 0. The monoisotopic (exact) mass is 453 g/mol. The van der Waals surface area contributed by atoms with Crippen LogP contribution in [0.25, 0.3) is 0 Å². The molecule has 1 aliphatic heterocycles. The second-order valence-corrected chi connectivity index (χ2v) is 10.3. The molecule has 1 amide bonds. The van der Waals surface area contributed by atoms with Gasteiger partial charge in [0.2, 0.25) is 10.0 Å². The van der Waals surface area contributed by atoms with Gasteiger partial charge >= 0.3 is 0 Å². The molecule has 0 radical (unpaired) electrons. The Morgan fingerprint density at radius 1 is 0.967 bits per heavy atom. The smallest absolute Gasteiger partial charge is 0.261 e. The van der Waals surface area contributed by atoms with Gasteiger partial charge in [0.25, 0.3) is 15.9 Å². The highest BCUT2D eigenvalue weighted by molar-refractivity contribution is 7.92. The first-order valence-corrected chi connectivity index (χ1v) is 12.1. The van der Waals surface area contributed by atoms with Gasteiger partial charge in [0, 0.05) is 25.8 Å². The molecule has 1 fully saturated rings. The van der Waals surface area contributed by atoms with E-state index < -0.39 is 26.0 Å². The van der Waals surface area contributed by atoms with Gasteiger partial charge in [0.05, 0.1) is 22.5 Å². The molecule has 0 aromatic heterocycles. The van der Waals surface area contributed by atoms with Crippen molar-refractivity contribution in [3.8, 4) is 5.75 Å². The molecule has 9 nitrogen and oxygen atoms in total. The van der Waals surface area contributed by atoms with Crippen molar-refractivity contribution in [1.29, 1.82) is 0 Å². The Hall–Kier alpha value is -2.63. The number of nitrogens with zero attached hydrogens (tertiary/aromatic N) is 1. The average Bonchev–Trinajstić information content (AvgIpc) is 3.28. The topological polar surface area (TPSA) is 122 Å². The number of rotatable bonds is 7. The third-order valence-electron chi connectivity index (χ3n) is 4.76. The van der Waals surface area contributed by atoms with Crippen LogP contribution in [0.15, 0.2) is 52.3 Å². The van der Waals surface area contributed by atoms with E-state index in [0.29, 0.717) is 13.1 Å². The van der Waals surface area contributed by atoms with E-state index in [0.717, 1.165) is 12.8 Å². The summed E-state index contributed by atoms with van der Waals surface area (Å²) in [6, 6.07) is 9.45. The average molecular weight is 454 g/mol. The van der Waals surface area contributed by atoms with Crippen molar-refractivity contribution in [3.63, 3.8) is 0 Å². The van der Waals surface area contributed by atoms with Crippen molar-refractivity contribution in [2.24, 2.45) is 0 Å². The van der Waals surface area contributed by atoms with E-state index in [9.17, 15) is 21.6 Å². The molecule has 2 aromatic rings. The number of hydrogen-bond donors (Lipinski definition) is 2. The predicted octanol–water partition coefficient (Wildman–Crippen LogP) is 1.64. The molecule has 1 aliphatic rings. The number of carbonyl (C=O) groups excluding carboxylic acids is 1. The number of benzene rings is 2. The Labute approximate surface area is 176 Å². The van der Waals surface area contributed by atoms with Crippen LogP contribution in [-0.2, 0) is 20.0 Å². The molecule has 0 unspecified atom stereocenters. The maximum Gasteiger partial charge on any atom is 0.261 e. The van der Waals surface area contributed by atoms with Crippen molar-refractivity contribution in [1.82, 2.24) is 9.62 Å². The van der Waals surface area contributed by atoms with Gasteiger partial charge in [-0.05, 0) is 55.3 Å².